The first-order valence-corrected chi connectivity index (χ1v) is 8.54. The predicted octanol–water partition coefficient (Wildman–Crippen LogP) is 3.70. The van der Waals surface area contributed by atoms with Crippen molar-refractivity contribution in [3.8, 4) is 11.5 Å². The Bertz CT molecular complexity index is 742. The highest BCUT2D eigenvalue weighted by molar-refractivity contribution is 5.93. The minimum Gasteiger partial charge on any atom is -0.494 e. The summed E-state index contributed by atoms with van der Waals surface area (Å²) in [5.41, 5.74) is 1.30. The first kappa shape index (κ1) is 19.3. The van der Waals surface area contributed by atoms with Gasteiger partial charge < -0.3 is 20.1 Å². The fraction of sp³-hybridized carbons (Fsp3) is 0.300. The molecule has 2 amide bonds. The molecule has 0 atom stereocenters. The fourth-order valence-corrected chi connectivity index (χ4v) is 2.10. The van der Waals surface area contributed by atoms with Crippen molar-refractivity contribution in [1.29, 1.82) is 0 Å². The van der Waals surface area contributed by atoms with E-state index in [0.29, 0.717) is 23.7 Å². The molecule has 0 aromatic heterocycles. The first-order chi connectivity index (χ1) is 12.5. The summed E-state index contributed by atoms with van der Waals surface area (Å²) in [6.07, 6.45) is 0. The Balaban J connectivity index is 1.86. The van der Waals surface area contributed by atoms with Crippen LogP contribution in [0.5, 0.6) is 11.5 Å². The highest BCUT2D eigenvalue weighted by Gasteiger charge is 2.08. The van der Waals surface area contributed by atoms with Gasteiger partial charge in [-0.2, -0.15) is 0 Å². The summed E-state index contributed by atoms with van der Waals surface area (Å²) in [6, 6.07) is 14.1. The van der Waals surface area contributed by atoms with Crippen molar-refractivity contribution in [1.82, 2.24) is 0 Å². The first-order valence-electron chi connectivity index (χ1n) is 8.54. The minimum absolute atomic E-state index is 0.0737. The number of ether oxygens (including phenoxy) is 2. The van der Waals surface area contributed by atoms with Crippen LogP contribution in [-0.4, -0.2) is 25.0 Å². The fourth-order valence-electron chi connectivity index (χ4n) is 2.10. The van der Waals surface area contributed by atoms with Crippen LogP contribution < -0.4 is 20.1 Å². The molecular weight excluding hydrogens is 332 g/mol. The van der Waals surface area contributed by atoms with Crippen LogP contribution in [0.3, 0.4) is 0 Å². The molecule has 0 bridgehead atoms. The minimum atomic E-state index is -0.272. The lowest BCUT2D eigenvalue weighted by Crippen LogP contribution is -2.20. The number of carbonyl (C=O) groups is 2. The Morgan fingerprint density at radius 3 is 2.31 bits per heavy atom. The van der Waals surface area contributed by atoms with E-state index in [2.05, 4.69) is 10.6 Å². The zero-order valence-electron chi connectivity index (χ0n) is 15.2. The van der Waals surface area contributed by atoms with E-state index < -0.39 is 0 Å². The molecule has 0 saturated heterocycles. The summed E-state index contributed by atoms with van der Waals surface area (Å²) in [6.45, 7) is 6.02. The summed E-state index contributed by atoms with van der Waals surface area (Å²) in [5.74, 6) is 0.802. The molecule has 138 valence electrons. The second kappa shape index (κ2) is 9.46. The third-order valence-electron chi connectivity index (χ3n) is 3.44. The number of rotatable bonds is 8. The monoisotopic (exact) mass is 356 g/mol. The maximum Gasteiger partial charge on any atom is 0.262 e. The average molecular weight is 356 g/mol. The molecule has 0 aliphatic carbocycles. The van der Waals surface area contributed by atoms with Gasteiger partial charge in [0.1, 0.15) is 11.5 Å². The molecule has 2 N–H and O–H groups in total. The normalized spacial score (nSPS) is 10.3. The molecule has 0 heterocycles. The quantitative estimate of drug-likeness (QED) is 0.756. The lowest BCUT2D eigenvalue weighted by molar-refractivity contribution is -0.119. The Hall–Kier alpha value is -3.02. The SMILES string of the molecule is CCOc1ccc(NC(=O)COc2cccc(NC(=O)C(C)C)c2)cc1. The number of nitrogens with one attached hydrogen (secondary N) is 2. The van der Waals surface area contributed by atoms with Gasteiger partial charge in [-0.3, -0.25) is 9.59 Å². The number of carbonyl (C=O) groups excluding carboxylic acids is 2. The molecule has 0 spiro atoms. The van der Waals surface area contributed by atoms with E-state index in [1.807, 2.05) is 20.8 Å². The molecular formula is C20H24N2O4. The van der Waals surface area contributed by atoms with Gasteiger partial charge in [0.25, 0.3) is 5.91 Å². The summed E-state index contributed by atoms with van der Waals surface area (Å²) >= 11 is 0. The maximum absolute atomic E-state index is 12.0. The van der Waals surface area contributed by atoms with Crippen molar-refractivity contribution in [2.24, 2.45) is 5.92 Å². The largest absolute Gasteiger partial charge is 0.494 e. The number of benzene rings is 2. The summed E-state index contributed by atoms with van der Waals surface area (Å²) in [4.78, 5) is 23.7. The lowest BCUT2D eigenvalue weighted by atomic mass is 10.2. The van der Waals surface area contributed by atoms with Crippen LogP contribution in [-0.2, 0) is 9.59 Å². The van der Waals surface area contributed by atoms with Gasteiger partial charge in [0, 0.05) is 23.4 Å². The Morgan fingerprint density at radius 2 is 1.65 bits per heavy atom. The van der Waals surface area contributed by atoms with Gasteiger partial charge in [-0.05, 0) is 43.3 Å². The van der Waals surface area contributed by atoms with Gasteiger partial charge in [-0.15, -0.1) is 0 Å². The van der Waals surface area contributed by atoms with E-state index in [1.54, 1.807) is 48.5 Å². The molecule has 6 nitrogen and oxygen atoms in total. The Morgan fingerprint density at radius 1 is 0.923 bits per heavy atom. The van der Waals surface area contributed by atoms with E-state index in [1.165, 1.54) is 0 Å². The molecule has 6 heteroatoms. The summed E-state index contributed by atoms with van der Waals surface area (Å²) in [5, 5.41) is 5.55. The number of amides is 2. The van der Waals surface area contributed by atoms with Crippen LogP contribution in [0.1, 0.15) is 20.8 Å². The standard InChI is InChI=1S/C20H24N2O4/c1-4-25-17-10-8-15(9-11-17)21-19(23)13-26-18-7-5-6-16(12-18)22-20(24)14(2)3/h5-12,14H,4,13H2,1-3H3,(H,21,23)(H,22,24). The van der Waals surface area contributed by atoms with Crippen LogP contribution in [0, 0.1) is 5.92 Å². The highest BCUT2D eigenvalue weighted by Crippen LogP contribution is 2.19. The van der Waals surface area contributed by atoms with E-state index >= 15 is 0 Å². The number of hydrogen-bond donors (Lipinski definition) is 2. The zero-order valence-corrected chi connectivity index (χ0v) is 15.2. The van der Waals surface area contributed by atoms with Gasteiger partial charge >= 0.3 is 0 Å². The second-order valence-electron chi connectivity index (χ2n) is 5.97. The van der Waals surface area contributed by atoms with Crippen molar-refractivity contribution >= 4 is 23.2 Å². The Kier molecular flexibility index (Phi) is 7.02. The third-order valence-corrected chi connectivity index (χ3v) is 3.44. The average Bonchev–Trinajstić information content (AvgIpc) is 2.62. The van der Waals surface area contributed by atoms with Gasteiger partial charge in [0.05, 0.1) is 6.61 Å². The van der Waals surface area contributed by atoms with Crippen molar-refractivity contribution in [2.75, 3.05) is 23.8 Å². The van der Waals surface area contributed by atoms with Crippen molar-refractivity contribution in [3.05, 3.63) is 48.5 Å². The van der Waals surface area contributed by atoms with Crippen LogP contribution >= 0.6 is 0 Å². The summed E-state index contributed by atoms with van der Waals surface area (Å²) < 4.78 is 10.9. The molecule has 2 aromatic carbocycles. The topological polar surface area (TPSA) is 76.7 Å². The summed E-state index contributed by atoms with van der Waals surface area (Å²) in [7, 11) is 0. The van der Waals surface area contributed by atoms with Crippen LogP contribution in [0.2, 0.25) is 0 Å². The second-order valence-corrected chi connectivity index (χ2v) is 5.97. The molecule has 0 radical (unpaired) electrons. The van der Waals surface area contributed by atoms with E-state index in [-0.39, 0.29) is 24.3 Å². The molecule has 0 saturated carbocycles. The number of hydrogen-bond acceptors (Lipinski definition) is 4. The molecule has 0 unspecified atom stereocenters. The van der Waals surface area contributed by atoms with Gasteiger partial charge in [-0.25, -0.2) is 0 Å². The molecule has 26 heavy (non-hydrogen) atoms. The van der Waals surface area contributed by atoms with Crippen LogP contribution in [0.25, 0.3) is 0 Å². The van der Waals surface area contributed by atoms with Crippen LogP contribution in [0.4, 0.5) is 11.4 Å². The van der Waals surface area contributed by atoms with Crippen molar-refractivity contribution in [3.63, 3.8) is 0 Å². The third kappa shape index (κ3) is 6.12. The zero-order chi connectivity index (χ0) is 18.9. The predicted molar refractivity (Wildman–Crippen MR) is 102 cm³/mol. The Labute approximate surface area is 153 Å². The van der Waals surface area contributed by atoms with E-state index in [9.17, 15) is 9.59 Å². The van der Waals surface area contributed by atoms with E-state index in [4.69, 9.17) is 9.47 Å². The van der Waals surface area contributed by atoms with Crippen LogP contribution in [0.15, 0.2) is 48.5 Å². The van der Waals surface area contributed by atoms with Crippen molar-refractivity contribution in [2.45, 2.75) is 20.8 Å². The van der Waals surface area contributed by atoms with Gasteiger partial charge in [-0.1, -0.05) is 19.9 Å². The van der Waals surface area contributed by atoms with Gasteiger partial charge in [0.15, 0.2) is 6.61 Å². The smallest absolute Gasteiger partial charge is 0.262 e. The van der Waals surface area contributed by atoms with Crippen molar-refractivity contribution < 1.29 is 19.1 Å². The highest BCUT2D eigenvalue weighted by atomic mass is 16.5. The van der Waals surface area contributed by atoms with E-state index in [0.717, 1.165) is 5.75 Å². The molecule has 2 rings (SSSR count). The van der Waals surface area contributed by atoms with Gasteiger partial charge in [0.2, 0.25) is 5.91 Å². The lowest BCUT2D eigenvalue weighted by Gasteiger charge is -2.11. The molecule has 0 aliphatic heterocycles. The molecule has 0 fully saturated rings. The molecule has 0 aliphatic rings. The number of anilines is 2. The molecule has 2 aromatic rings. The maximum atomic E-state index is 12.0.